The molecule has 8 heteroatoms. The SMILES string of the molecule is COc1cc(CN=O)c([N+](=O)[O-])cc1OCCBr. The number of hydrogen-bond donors (Lipinski definition) is 0. The third kappa shape index (κ3) is 3.39. The van der Waals surface area contributed by atoms with E-state index in [1.807, 2.05) is 0 Å². The molecule has 0 unspecified atom stereocenters. The fourth-order valence-corrected chi connectivity index (χ4v) is 1.54. The van der Waals surface area contributed by atoms with Crippen molar-refractivity contribution < 1.29 is 14.4 Å². The highest BCUT2D eigenvalue weighted by atomic mass is 79.9. The van der Waals surface area contributed by atoms with E-state index in [2.05, 4.69) is 21.1 Å². The Hall–Kier alpha value is -1.70. The summed E-state index contributed by atoms with van der Waals surface area (Å²) in [6.07, 6.45) is 0. The van der Waals surface area contributed by atoms with Crippen molar-refractivity contribution in [3.8, 4) is 11.5 Å². The largest absolute Gasteiger partial charge is 0.493 e. The molecule has 0 bridgehead atoms. The van der Waals surface area contributed by atoms with Crippen LogP contribution in [0.5, 0.6) is 11.5 Å². The lowest BCUT2D eigenvalue weighted by Gasteiger charge is -2.11. The molecule has 7 nitrogen and oxygen atoms in total. The second-order valence-electron chi connectivity index (χ2n) is 3.21. The molecule has 0 atom stereocenters. The molecule has 0 saturated carbocycles. The molecule has 1 rings (SSSR count). The van der Waals surface area contributed by atoms with Crippen molar-refractivity contribution in [1.29, 1.82) is 0 Å². The van der Waals surface area contributed by atoms with Crippen LogP contribution in [0.3, 0.4) is 0 Å². The Labute approximate surface area is 111 Å². The number of nitro benzene ring substituents is 1. The van der Waals surface area contributed by atoms with Gasteiger partial charge in [0, 0.05) is 5.33 Å². The fourth-order valence-electron chi connectivity index (χ4n) is 1.38. The lowest BCUT2D eigenvalue weighted by molar-refractivity contribution is -0.385. The van der Waals surface area contributed by atoms with Crippen molar-refractivity contribution in [1.82, 2.24) is 0 Å². The molecule has 0 saturated heterocycles. The Morgan fingerprint density at radius 3 is 2.67 bits per heavy atom. The van der Waals surface area contributed by atoms with Gasteiger partial charge in [-0.1, -0.05) is 21.1 Å². The summed E-state index contributed by atoms with van der Waals surface area (Å²) in [5.41, 5.74) is -0.0157. The fraction of sp³-hybridized carbons (Fsp3) is 0.400. The second kappa shape index (κ2) is 6.90. The minimum absolute atomic E-state index is 0.193. The number of hydrogen-bond acceptors (Lipinski definition) is 6. The maximum Gasteiger partial charge on any atom is 0.278 e. The molecule has 0 spiro atoms. The second-order valence-corrected chi connectivity index (χ2v) is 4.01. The van der Waals surface area contributed by atoms with E-state index in [0.29, 0.717) is 17.7 Å². The highest BCUT2D eigenvalue weighted by molar-refractivity contribution is 9.09. The Morgan fingerprint density at radius 2 is 2.17 bits per heavy atom. The topological polar surface area (TPSA) is 91.0 Å². The third-order valence-corrected chi connectivity index (χ3v) is 2.45. The van der Waals surface area contributed by atoms with Gasteiger partial charge in [-0.2, -0.15) is 4.91 Å². The van der Waals surface area contributed by atoms with Crippen molar-refractivity contribution in [2.24, 2.45) is 5.18 Å². The van der Waals surface area contributed by atoms with E-state index in [4.69, 9.17) is 9.47 Å². The molecule has 0 amide bonds. The molecular formula is C10H11BrN2O5. The van der Waals surface area contributed by atoms with E-state index in [9.17, 15) is 15.0 Å². The van der Waals surface area contributed by atoms with Crippen LogP contribution < -0.4 is 9.47 Å². The first-order valence-electron chi connectivity index (χ1n) is 4.97. The van der Waals surface area contributed by atoms with Gasteiger partial charge in [-0.05, 0) is 6.07 Å². The maximum atomic E-state index is 10.9. The van der Waals surface area contributed by atoms with Gasteiger partial charge in [0.05, 0.1) is 30.3 Å². The monoisotopic (exact) mass is 318 g/mol. The van der Waals surface area contributed by atoms with E-state index in [1.165, 1.54) is 19.2 Å². The van der Waals surface area contributed by atoms with Crippen LogP contribution in [0.25, 0.3) is 0 Å². The van der Waals surface area contributed by atoms with E-state index in [-0.39, 0.29) is 23.5 Å². The van der Waals surface area contributed by atoms with Crippen LogP contribution in [0.2, 0.25) is 0 Å². The molecule has 0 aromatic heterocycles. The van der Waals surface area contributed by atoms with Crippen LogP contribution in [-0.2, 0) is 6.54 Å². The molecule has 0 fully saturated rings. The standard InChI is InChI=1S/C10H11BrN2O5/c1-17-9-4-7(6-12-14)8(13(15)16)5-10(9)18-3-2-11/h4-5H,2-3,6H2,1H3. The van der Waals surface area contributed by atoms with Crippen LogP contribution in [0.15, 0.2) is 17.3 Å². The molecule has 0 aliphatic heterocycles. The van der Waals surface area contributed by atoms with Crippen molar-refractivity contribution in [2.75, 3.05) is 19.0 Å². The van der Waals surface area contributed by atoms with Gasteiger partial charge in [0.1, 0.15) is 6.54 Å². The normalized spacial score (nSPS) is 9.89. The van der Waals surface area contributed by atoms with Crippen molar-refractivity contribution in [3.05, 3.63) is 32.7 Å². The van der Waals surface area contributed by atoms with Gasteiger partial charge in [-0.15, -0.1) is 0 Å². The van der Waals surface area contributed by atoms with Crippen LogP contribution in [0, 0.1) is 15.0 Å². The first-order chi connectivity index (χ1) is 8.63. The predicted molar refractivity (Wildman–Crippen MR) is 68.4 cm³/mol. The number of nitro groups is 1. The Balaban J connectivity index is 3.22. The highest BCUT2D eigenvalue weighted by Crippen LogP contribution is 2.35. The number of methoxy groups -OCH3 is 1. The first-order valence-corrected chi connectivity index (χ1v) is 6.09. The van der Waals surface area contributed by atoms with Gasteiger partial charge in [-0.25, -0.2) is 0 Å². The van der Waals surface area contributed by atoms with Crippen molar-refractivity contribution in [2.45, 2.75) is 6.54 Å². The van der Waals surface area contributed by atoms with Gasteiger partial charge < -0.3 is 9.47 Å². The average Bonchev–Trinajstić information content (AvgIpc) is 2.36. The van der Waals surface area contributed by atoms with Crippen LogP contribution in [0.1, 0.15) is 5.56 Å². The summed E-state index contributed by atoms with van der Waals surface area (Å²) in [6.45, 7) is 0.0597. The minimum Gasteiger partial charge on any atom is -0.493 e. The Bertz CT molecular complexity index is 452. The third-order valence-electron chi connectivity index (χ3n) is 2.13. The number of ether oxygens (including phenoxy) is 2. The van der Waals surface area contributed by atoms with E-state index in [1.54, 1.807) is 0 Å². The zero-order valence-electron chi connectivity index (χ0n) is 9.59. The zero-order chi connectivity index (χ0) is 13.5. The summed E-state index contributed by atoms with van der Waals surface area (Å²) in [6, 6.07) is 2.63. The summed E-state index contributed by atoms with van der Waals surface area (Å²) < 4.78 is 10.4. The number of nitrogens with zero attached hydrogens (tertiary/aromatic N) is 2. The number of benzene rings is 1. The summed E-state index contributed by atoms with van der Waals surface area (Å²) in [7, 11) is 1.42. The number of halogens is 1. The zero-order valence-corrected chi connectivity index (χ0v) is 11.2. The summed E-state index contributed by atoms with van der Waals surface area (Å²) in [5, 5.41) is 14.1. The smallest absolute Gasteiger partial charge is 0.278 e. The summed E-state index contributed by atoms with van der Waals surface area (Å²) >= 11 is 3.18. The van der Waals surface area contributed by atoms with Gasteiger partial charge in [0.25, 0.3) is 5.69 Å². The molecular weight excluding hydrogens is 308 g/mol. The minimum atomic E-state index is -0.582. The van der Waals surface area contributed by atoms with Crippen molar-refractivity contribution >= 4 is 21.6 Å². The first kappa shape index (κ1) is 14.4. The Morgan fingerprint density at radius 1 is 1.44 bits per heavy atom. The molecule has 0 aliphatic rings. The Kier molecular flexibility index (Phi) is 5.50. The molecule has 1 aromatic rings. The van der Waals surface area contributed by atoms with E-state index in [0.717, 1.165) is 0 Å². The molecule has 0 radical (unpaired) electrons. The van der Waals surface area contributed by atoms with Gasteiger partial charge >= 0.3 is 0 Å². The number of nitroso groups, excluding NO2 is 1. The van der Waals surface area contributed by atoms with Gasteiger partial charge in [0.15, 0.2) is 11.5 Å². The number of rotatable bonds is 7. The van der Waals surface area contributed by atoms with Gasteiger partial charge in [0.2, 0.25) is 0 Å². The summed E-state index contributed by atoms with van der Waals surface area (Å²) in [4.78, 5) is 20.6. The molecule has 1 aromatic carbocycles. The van der Waals surface area contributed by atoms with E-state index >= 15 is 0 Å². The summed E-state index contributed by atoms with van der Waals surface area (Å²) in [5.74, 6) is 0.596. The van der Waals surface area contributed by atoms with Crippen LogP contribution >= 0.6 is 15.9 Å². The lowest BCUT2D eigenvalue weighted by atomic mass is 10.1. The lowest BCUT2D eigenvalue weighted by Crippen LogP contribution is -2.03. The molecule has 18 heavy (non-hydrogen) atoms. The van der Waals surface area contributed by atoms with E-state index < -0.39 is 4.92 Å². The molecule has 0 N–H and O–H groups in total. The predicted octanol–water partition coefficient (Wildman–Crippen LogP) is 2.64. The molecule has 0 heterocycles. The van der Waals surface area contributed by atoms with Gasteiger partial charge in [-0.3, -0.25) is 10.1 Å². The quantitative estimate of drug-likeness (QED) is 0.333. The highest BCUT2D eigenvalue weighted by Gasteiger charge is 2.19. The average molecular weight is 319 g/mol. The molecule has 98 valence electrons. The maximum absolute atomic E-state index is 10.9. The molecule has 0 aliphatic carbocycles. The van der Waals surface area contributed by atoms with Crippen LogP contribution in [0.4, 0.5) is 5.69 Å². The number of alkyl halides is 1. The van der Waals surface area contributed by atoms with Crippen LogP contribution in [-0.4, -0.2) is 24.0 Å². The van der Waals surface area contributed by atoms with Crippen molar-refractivity contribution in [3.63, 3.8) is 0 Å².